The molecule has 0 saturated heterocycles. The molecule has 6 heteroatoms. The number of hydrogen-bond donors (Lipinski definition) is 0. The maximum atomic E-state index is 12.4. The Morgan fingerprint density at radius 3 is 2.56 bits per heavy atom. The van der Waals surface area contributed by atoms with Crippen molar-refractivity contribution in [3.05, 3.63) is 71.0 Å². The molecule has 1 saturated carbocycles. The third-order valence-electron chi connectivity index (χ3n) is 4.06. The van der Waals surface area contributed by atoms with Crippen LogP contribution < -0.4 is 0 Å². The SMILES string of the molecule is O=C(CSc1nc(C2CC2)n(-c2ccccc2)n1)c1ccccc1Cl. The average Bonchev–Trinajstić information content (AvgIpc) is 3.40. The largest absolute Gasteiger partial charge is 0.293 e. The number of aromatic nitrogens is 3. The Labute approximate surface area is 155 Å². The first-order valence-corrected chi connectivity index (χ1v) is 9.51. The molecular formula is C19H16ClN3OS. The van der Waals surface area contributed by atoms with E-state index in [1.807, 2.05) is 47.1 Å². The van der Waals surface area contributed by atoms with Gasteiger partial charge in [-0.05, 0) is 37.1 Å². The second-order valence-corrected chi connectivity index (χ2v) is 7.32. The van der Waals surface area contributed by atoms with Crippen LogP contribution in [0.3, 0.4) is 0 Å². The van der Waals surface area contributed by atoms with Gasteiger partial charge in [0.2, 0.25) is 5.16 Å². The van der Waals surface area contributed by atoms with E-state index in [4.69, 9.17) is 11.6 Å². The number of carbonyl (C=O) groups is 1. The van der Waals surface area contributed by atoms with Crippen LogP contribution in [0, 0.1) is 0 Å². The summed E-state index contributed by atoms with van der Waals surface area (Å²) in [6.45, 7) is 0. The monoisotopic (exact) mass is 369 g/mol. The summed E-state index contributed by atoms with van der Waals surface area (Å²) in [6, 6.07) is 17.1. The lowest BCUT2D eigenvalue weighted by molar-refractivity contribution is 0.102. The van der Waals surface area contributed by atoms with Crippen LogP contribution in [0.25, 0.3) is 5.69 Å². The van der Waals surface area contributed by atoms with Crippen LogP contribution in [0.5, 0.6) is 0 Å². The number of rotatable bonds is 6. The van der Waals surface area contributed by atoms with E-state index in [2.05, 4.69) is 10.1 Å². The number of halogens is 1. The zero-order valence-electron chi connectivity index (χ0n) is 13.4. The maximum absolute atomic E-state index is 12.4. The predicted molar refractivity (Wildman–Crippen MR) is 99.8 cm³/mol. The van der Waals surface area contributed by atoms with Gasteiger partial charge in [-0.2, -0.15) is 0 Å². The van der Waals surface area contributed by atoms with Crippen molar-refractivity contribution in [1.29, 1.82) is 0 Å². The number of Topliss-reactive ketones (excluding diaryl/α,β-unsaturated/α-hetero) is 1. The summed E-state index contributed by atoms with van der Waals surface area (Å²) < 4.78 is 1.90. The number of benzene rings is 2. The molecular weight excluding hydrogens is 354 g/mol. The molecule has 4 nitrogen and oxygen atoms in total. The van der Waals surface area contributed by atoms with Gasteiger partial charge in [0.05, 0.1) is 16.5 Å². The lowest BCUT2D eigenvalue weighted by Crippen LogP contribution is -2.03. The number of carbonyl (C=O) groups excluding carboxylic acids is 1. The van der Waals surface area contributed by atoms with Crippen molar-refractivity contribution >= 4 is 29.1 Å². The third kappa shape index (κ3) is 3.62. The van der Waals surface area contributed by atoms with Gasteiger partial charge in [-0.1, -0.05) is 53.7 Å². The van der Waals surface area contributed by atoms with E-state index >= 15 is 0 Å². The summed E-state index contributed by atoms with van der Waals surface area (Å²) in [5.41, 5.74) is 1.54. The van der Waals surface area contributed by atoms with Gasteiger partial charge in [0, 0.05) is 11.5 Å². The molecule has 0 N–H and O–H groups in total. The highest BCUT2D eigenvalue weighted by Gasteiger charge is 2.30. The first-order chi connectivity index (χ1) is 12.2. The molecule has 0 bridgehead atoms. The summed E-state index contributed by atoms with van der Waals surface area (Å²) in [5, 5.41) is 5.72. The summed E-state index contributed by atoms with van der Waals surface area (Å²) in [5.74, 6) is 1.71. The van der Waals surface area contributed by atoms with E-state index in [1.165, 1.54) is 11.8 Å². The molecule has 0 aliphatic heterocycles. The lowest BCUT2D eigenvalue weighted by Gasteiger charge is -2.03. The molecule has 0 spiro atoms. The van der Waals surface area contributed by atoms with Crippen LogP contribution in [0.2, 0.25) is 5.02 Å². The number of nitrogens with zero attached hydrogens (tertiary/aromatic N) is 3. The van der Waals surface area contributed by atoms with Gasteiger partial charge in [-0.15, -0.1) is 5.10 Å². The quantitative estimate of drug-likeness (QED) is 0.463. The Kier molecular flexibility index (Phi) is 4.59. The minimum atomic E-state index is -0.0142. The van der Waals surface area contributed by atoms with Crippen molar-refractivity contribution in [2.75, 3.05) is 5.75 Å². The Balaban J connectivity index is 1.54. The van der Waals surface area contributed by atoms with Gasteiger partial charge in [-0.25, -0.2) is 9.67 Å². The van der Waals surface area contributed by atoms with Gasteiger partial charge >= 0.3 is 0 Å². The Bertz CT molecular complexity index is 906. The molecule has 1 aromatic heterocycles. The van der Waals surface area contributed by atoms with Gasteiger partial charge in [0.1, 0.15) is 5.82 Å². The van der Waals surface area contributed by atoms with Gasteiger partial charge in [0.25, 0.3) is 0 Å². The minimum Gasteiger partial charge on any atom is -0.293 e. The fourth-order valence-corrected chi connectivity index (χ4v) is 3.58. The fourth-order valence-electron chi connectivity index (χ4n) is 2.63. The Hall–Kier alpha value is -2.11. The van der Waals surface area contributed by atoms with E-state index < -0.39 is 0 Å². The van der Waals surface area contributed by atoms with Crippen LogP contribution in [0.1, 0.15) is 34.9 Å². The average molecular weight is 370 g/mol. The van der Waals surface area contributed by atoms with Crippen molar-refractivity contribution in [3.63, 3.8) is 0 Å². The minimum absolute atomic E-state index is 0.0142. The lowest BCUT2D eigenvalue weighted by atomic mass is 10.1. The molecule has 25 heavy (non-hydrogen) atoms. The highest BCUT2D eigenvalue weighted by atomic mass is 35.5. The molecule has 0 atom stereocenters. The standard InChI is InChI=1S/C19H16ClN3OS/c20-16-9-5-4-8-15(16)17(24)12-25-19-21-18(13-10-11-13)23(22-19)14-6-2-1-3-7-14/h1-9,13H,10-12H2. The summed E-state index contributed by atoms with van der Waals surface area (Å²) in [7, 11) is 0. The van der Waals surface area contributed by atoms with Crippen molar-refractivity contribution in [3.8, 4) is 5.69 Å². The van der Waals surface area contributed by atoms with Crippen LogP contribution in [-0.4, -0.2) is 26.3 Å². The van der Waals surface area contributed by atoms with Gasteiger partial charge < -0.3 is 0 Å². The first kappa shape index (κ1) is 16.4. The zero-order chi connectivity index (χ0) is 17.2. The van der Waals surface area contributed by atoms with Crippen LogP contribution in [0.15, 0.2) is 59.8 Å². The predicted octanol–water partition coefficient (Wildman–Crippen LogP) is 4.77. The van der Waals surface area contributed by atoms with E-state index in [-0.39, 0.29) is 11.5 Å². The number of thioether (sulfide) groups is 1. The van der Waals surface area contributed by atoms with Crippen LogP contribution in [-0.2, 0) is 0 Å². The smallest absolute Gasteiger partial charge is 0.209 e. The number of ketones is 1. The third-order valence-corrected chi connectivity index (χ3v) is 5.23. The second kappa shape index (κ2) is 7.02. The molecule has 1 heterocycles. The summed E-state index contributed by atoms with van der Waals surface area (Å²) in [4.78, 5) is 17.0. The highest BCUT2D eigenvalue weighted by Crippen LogP contribution is 2.40. The molecule has 0 amide bonds. The molecule has 2 aromatic carbocycles. The number of hydrogen-bond acceptors (Lipinski definition) is 4. The molecule has 3 aromatic rings. The summed E-state index contributed by atoms with van der Waals surface area (Å²) in [6.07, 6.45) is 2.29. The van der Waals surface area contributed by atoms with Gasteiger partial charge in [0.15, 0.2) is 5.78 Å². The maximum Gasteiger partial charge on any atom is 0.209 e. The van der Waals surface area contributed by atoms with Gasteiger partial charge in [-0.3, -0.25) is 4.79 Å². The molecule has 0 unspecified atom stereocenters. The second-order valence-electron chi connectivity index (χ2n) is 5.97. The van der Waals surface area contributed by atoms with Crippen molar-refractivity contribution in [2.24, 2.45) is 0 Å². The molecule has 1 fully saturated rings. The van der Waals surface area contributed by atoms with Crippen molar-refractivity contribution in [2.45, 2.75) is 23.9 Å². The van der Waals surface area contributed by atoms with E-state index in [0.717, 1.165) is 24.4 Å². The highest BCUT2D eigenvalue weighted by molar-refractivity contribution is 7.99. The molecule has 1 aliphatic carbocycles. The molecule has 1 aliphatic rings. The molecule has 0 radical (unpaired) electrons. The van der Waals surface area contributed by atoms with Crippen LogP contribution >= 0.6 is 23.4 Å². The van der Waals surface area contributed by atoms with E-state index in [0.29, 0.717) is 21.7 Å². The first-order valence-electron chi connectivity index (χ1n) is 8.15. The zero-order valence-corrected chi connectivity index (χ0v) is 15.0. The van der Waals surface area contributed by atoms with Crippen molar-refractivity contribution in [1.82, 2.24) is 14.8 Å². The normalized spacial score (nSPS) is 13.8. The fraction of sp³-hybridized carbons (Fsp3) is 0.211. The van der Waals surface area contributed by atoms with Crippen molar-refractivity contribution < 1.29 is 4.79 Å². The van der Waals surface area contributed by atoms with Crippen LogP contribution in [0.4, 0.5) is 0 Å². The molecule has 126 valence electrons. The summed E-state index contributed by atoms with van der Waals surface area (Å²) >= 11 is 7.45. The van der Waals surface area contributed by atoms with E-state index in [9.17, 15) is 4.79 Å². The number of para-hydroxylation sites is 1. The molecule has 4 rings (SSSR count). The Morgan fingerprint density at radius 2 is 1.84 bits per heavy atom. The Morgan fingerprint density at radius 1 is 1.12 bits per heavy atom. The topological polar surface area (TPSA) is 47.8 Å². The van der Waals surface area contributed by atoms with E-state index in [1.54, 1.807) is 12.1 Å².